The van der Waals surface area contributed by atoms with Crippen LogP contribution in [-0.2, 0) is 9.59 Å². The summed E-state index contributed by atoms with van der Waals surface area (Å²) < 4.78 is 0. The number of carbonyl (C=O) groups excluding carboxylic acids is 1. The van der Waals surface area contributed by atoms with Crippen LogP contribution in [0, 0.1) is 0 Å². The summed E-state index contributed by atoms with van der Waals surface area (Å²) in [6.07, 6.45) is 1.17. The molecule has 1 aliphatic heterocycles. The van der Waals surface area contributed by atoms with Crippen molar-refractivity contribution in [2.24, 2.45) is 0 Å². The van der Waals surface area contributed by atoms with Crippen molar-refractivity contribution in [2.45, 2.75) is 12.8 Å². The molecule has 1 amide bonds. The summed E-state index contributed by atoms with van der Waals surface area (Å²) in [6, 6.07) is 9.36. The van der Waals surface area contributed by atoms with Gasteiger partial charge in [-0.05, 0) is 18.6 Å². The first-order valence-corrected chi connectivity index (χ1v) is 5.53. The zero-order valence-corrected chi connectivity index (χ0v) is 9.37. The molecule has 0 saturated carbocycles. The van der Waals surface area contributed by atoms with Crippen molar-refractivity contribution in [3.63, 3.8) is 0 Å². The van der Waals surface area contributed by atoms with Crippen LogP contribution in [0.3, 0.4) is 0 Å². The lowest BCUT2D eigenvalue weighted by molar-refractivity contribution is -0.146. The fraction of sp³-hybridized carbons (Fsp3) is 0.333. The second-order valence-corrected chi connectivity index (χ2v) is 3.91. The quantitative estimate of drug-likeness (QED) is 0.851. The van der Waals surface area contributed by atoms with E-state index in [0.717, 1.165) is 12.1 Å². The van der Waals surface area contributed by atoms with Crippen LogP contribution in [0.4, 0.5) is 5.69 Å². The number of para-hydroxylation sites is 1. The second-order valence-electron chi connectivity index (χ2n) is 3.91. The number of hydrogen-bond acceptors (Lipinski definition) is 3. The highest BCUT2D eigenvalue weighted by atomic mass is 16.4. The molecule has 0 spiro atoms. The summed E-state index contributed by atoms with van der Waals surface area (Å²) in [5, 5.41) is 11.9. The lowest BCUT2D eigenvalue weighted by Crippen LogP contribution is -2.52. The molecule has 5 heteroatoms. The van der Waals surface area contributed by atoms with Gasteiger partial charge in [0, 0.05) is 13.0 Å². The van der Waals surface area contributed by atoms with Crippen LogP contribution in [0.2, 0.25) is 0 Å². The van der Waals surface area contributed by atoms with Crippen molar-refractivity contribution >= 4 is 17.6 Å². The van der Waals surface area contributed by atoms with E-state index in [1.807, 2.05) is 30.3 Å². The molecule has 1 N–H and O–H groups in total. The van der Waals surface area contributed by atoms with Crippen LogP contribution in [0.5, 0.6) is 0 Å². The monoisotopic (exact) mass is 234 g/mol. The summed E-state index contributed by atoms with van der Waals surface area (Å²) >= 11 is 0. The third kappa shape index (κ3) is 2.55. The van der Waals surface area contributed by atoms with E-state index in [0.29, 0.717) is 13.0 Å². The number of hydrazine groups is 1. The van der Waals surface area contributed by atoms with Gasteiger partial charge < -0.3 is 5.11 Å². The molecule has 2 rings (SSSR count). The van der Waals surface area contributed by atoms with E-state index in [4.69, 9.17) is 5.11 Å². The summed E-state index contributed by atoms with van der Waals surface area (Å²) in [5.41, 5.74) is 0.849. The molecule has 0 aromatic heterocycles. The van der Waals surface area contributed by atoms with Gasteiger partial charge in [0.15, 0.2) is 0 Å². The number of rotatable bonds is 3. The summed E-state index contributed by atoms with van der Waals surface area (Å²) in [6.45, 7) is 0.386. The van der Waals surface area contributed by atoms with Crippen molar-refractivity contribution in [1.82, 2.24) is 5.01 Å². The Labute approximate surface area is 99.2 Å². The predicted octanol–water partition coefficient (Wildman–Crippen LogP) is 1.11. The number of hydrogen-bond donors (Lipinski definition) is 1. The van der Waals surface area contributed by atoms with E-state index in [2.05, 4.69) is 0 Å². The average molecular weight is 234 g/mol. The molecule has 5 nitrogen and oxygen atoms in total. The van der Waals surface area contributed by atoms with Gasteiger partial charge in [-0.2, -0.15) is 0 Å². The van der Waals surface area contributed by atoms with E-state index >= 15 is 0 Å². The maximum atomic E-state index is 11.7. The Morgan fingerprint density at radius 2 is 2.00 bits per heavy atom. The van der Waals surface area contributed by atoms with Crippen molar-refractivity contribution in [3.05, 3.63) is 30.3 Å². The van der Waals surface area contributed by atoms with Crippen molar-refractivity contribution in [3.8, 4) is 0 Å². The third-order valence-electron chi connectivity index (χ3n) is 2.68. The Balaban J connectivity index is 2.23. The number of carboxylic acid groups (broad SMARTS) is 1. The largest absolute Gasteiger partial charge is 0.480 e. The van der Waals surface area contributed by atoms with Crippen LogP contribution in [0.25, 0.3) is 0 Å². The topological polar surface area (TPSA) is 60.9 Å². The third-order valence-corrected chi connectivity index (χ3v) is 2.68. The van der Waals surface area contributed by atoms with Gasteiger partial charge in [-0.1, -0.05) is 18.2 Å². The lowest BCUT2D eigenvalue weighted by atomic mass is 10.2. The maximum absolute atomic E-state index is 11.7. The minimum Gasteiger partial charge on any atom is -0.480 e. The lowest BCUT2D eigenvalue weighted by Gasteiger charge is -2.39. The molecule has 1 heterocycles. The zero-order chi connectivity index (χ0) is 12.3. The SMILES string of the molecule is O=C(O)CN1C(=O)CCCN1c1ccccc1. The normalized spacial score (nSPS) is 16.1. The smallest absolute Gasteiger partial charge is 0.325 e. The molecule has 1 saturated heterocycles. The average Bonchev–Trinajstić information content (AvgIpc) is 2.32. The molecule has 1 aromatic rings. The van der Waals surface area contributed by atoms with Gasteiger partial charge in [0.25, 0.3) is 0 Å². The summed E-state index contributed by atoms with van der Waals surface area (Å²) in [7, 11) is 0. The Hall–Kier alpha value is -2.04. The van der Waals surface area contributed by atoms with E-state index in [9.17, 15) is 9.59 Å². The van der Waals surface area contributed by atoms with Crippen LogP contribution in [0.1, 0.15) is 12.8 Å². The highest BCUT2D eigenvalue weighted by Crippen LogP contribution is 2.21. The molecule has 1 aliphatic rings. The molecular formula is C12H14N2O3. The standard InChI is InChI=1S/C12H14N2O3/c15-11-7-4-8-13(14(11)9-12(16)17)10-5-2-1-3-6-10/h1-3,5-6H,4,7-9H2,(H,16,17). The molecule has 1 aromatic carbocycles. The highest BCUT2D eigenvalue weighted by Gasteiger charge is 2.27. The molecule has 90 valence electrons. The first-order valence-electron chi connectivity index (χ1n) is 5.53. The molecular weight excluding hydrogens is 220 g/mol. The highest BCUT2D eigenvalue weighted by molar-refractivity contribution is 5.83. The molecule has 0 aliphatic carbocycles. The first kappa shape index (κ1) is 11.4. The van der Waals surface area contributed by atoms with Crippen molar-refractivity contribution < 1.29 is 14.7 Å². The van der Waals surface area contributed by atoms with E-state index in [-0.39, 0.29) is 12.5 Å². The zero-order valence-electron chi connectivity index (χ0n) is 9.37. The van der Waals surface area contributed by atoms with Crippen LogP contribution >= 0.6 is 0 Å². The molecule has 0 atom stereocenters. The van der Waals surface area contributed by atoms with Gasteiger partial charge in [0.2, 0.25) is 5.91 Å². The van der Waals surface area contributed by atoms with Crippen molar-refractivity contribution in [1.29, 1.82) is 0 Å². The van der Waals surface area contributed by atoms with Gasteiger partial charge in [-0.15, -0.1) is 0 Å². The van der Waals surface area contributed by atoms with Gasteiger partial charge in [0.05, 0.1) is 5.69 Å². The molecule has 0 radical (unpaired) electrons. The number of nitrogens with zero attached hydrogens (tertiary/aromatic N) is 2. The minimum absolute atomic E-state index is 0.137. The fourth-order valence-electron chi connectivity index (χ4n) is 1.93. The van der Waals surface area contributed by atoms with E-state index in [1.165, 1.54) is 5.01 Å². The Bertz CT molecular complexity index is 419. The molecule has 1 fully saturated rings. The van der Waals surface area contributed by atoms with Gasteiger partial charge in [0.1, 0.15) is 6.54 Å². The number of benzene rings is 1. The summed E-state index contributed by atoms with van der Waals surface area (Å²) in [4.78, 5) is 22.5. The first-order chi connectivity index (χ1) is 8.18. The van der Waals surface area contributed by atoms with E-state index < -0.39 is 5.97 Å². The van der Waals surface area contributed by atoms with Crippen molar-refractivity contribution in [2.75, 3.05) is 18.1 Å². The van der Waals surface area contributed by atoms with Crippen LogP contribution < -0.4 is 5.01 Å². The van der Waals surface area contributed by atoms with Gasteiger partial charge in [-0.3, -0.25) is 14.6 Å². The van der Waals surface area contributed by atoms with Crippen LogP contribution in [0.15, 0.2) is 30.3 Å². The van der Waals surface area contributed by atoms with Gasteiger partial charge in [-0.25, -0.2) is 5.01 Å². The fourth-order valence-corrected chi connectivity index (χ4v) is 1.93. The Morgan fingerprint density at radius 3 is 2.65 bits per heavy atom. The Morgan fingerprint density at radius 1 is 1.29 bits per heavy atom. The molecule has 17 heavy (non-hydrogen) atoms. The Kier molecular flexibility index (Phi) is 3.27. The molecule has 0 bridgehead atoms. The number of carbonyl (C=O) groups is 2. The van der Waals surface area contributed by atoms with Crippen LogP contribution in [-0.4, -0.2) is 35.1 Å². The van der Waals surface area contributed by atoms with Gasteiger partial charge >= 0.3 is 5.97 Å². The van der Waals surface area contributed by atoms with E-state index in [1.54, 1.807) is 5.01 Å². The number of amides is 1. The molecule has 0 unspecified atom stereocenters. The minimum atomic E-state index is -0.999. The maximum Gasteiger partial charge on any atom is 0.325 e. The predicted molar refractivity (Wildman–Crippen MR) is 62.4 cm³/mol. The number of anilines is 1. The number of aliphatic carboxylic acids is 1. The number of carboxylic acids is 1. The summed E-state index contributed by atoms with van der Waals surface area (Å²) in [5.74, 6) is -1.14. The second kappa shape index (κ2) is 4.86.